The molecule has 4 rings (SSSR count). The smallest absolute Gasteiger partial charge is 0.419 e. The molecule has 0 bridgehead atoms. The van der Waals surface area contributed by atoms with E-state index in [-0.39, 0.29) is 17.0 Å². The molecule has 1 aliphatic heterocycles. The van der Waals surface area contributed by atoms with Gasteiger partial charge >= 0.3 is 5.76 Å². The molecule has 0 fully saturated rings. The molecule has 0 aliphatic carbocycles. The zero-order valence-corrected chi connectivity index (χ0v) is 15.7. The van der Waals surface area contributed by atoms with Crippen molar-refractivity contribution in [3.05, 3.63) is 52.5 Å². The molecule has 8 nitrogen and oxygen atoms in total. The lowest BCUT2D eigenvalue weighted by atomic mass is 10.2. The van der Waals surface area contributed by atoms with Crippen molar-refractivity contribution in [1.82, 2.24) is 8.87 Å². The zero-order chi connectivity index (χ0) is 19.2. The first-order chi connectivity index (χ1) is 12.9. The second-order valence-electron chi connectivity index (χ2n) is 6.30. The Morgan fingerprint density at radius 2 is 1.81 bits per heavy atom. The van der Waals surface area contributed by atoms with Crippen LogP contribution >= 0.6 is 0 Å². The molecule has 0 N–H and O–H groups in total. The van der Waals surface area contributed by atoms with Crippen molar-refractivity contribution in [1.29, 1.82) is 0 Å². The highest BCUT2D eigenvalue weighted by Gasteiger charge is 2.23. The van der Waals surface area contributed by atoms with Crippen molar-refractivity contribution in [2.75, 3.05) is 20.3 Å². The monoisotopic (exact) mass is 390 g/mol. The summed E-state index contributed by atoms with van der Waals surface area (Å²) in [5, 5.41) is 0. The van der Waals surface area contributed by atoms with E-state index in [0.717, 1.165) is 5.56 Å². The standard InChI is InChI=1S/C18H18N2O6S/c1-19(11-12-3-6-15-17(9-12)25-8-7-24-15)27(22,23)13-4-5-14-16(10-13)26-18(21)20(14)2/h3-6,9-10H,7-8,11H2,1-2H3. The average molecular weight is 390 g/mol. The molecule has 0 saturated heterocycles. The molecule has 0 saturated carbocycles. The van der Waals surface area contributed by atoms with Crippen LogP contribution in [0.4, 0.5) is 0 Å². The Kier molecular flexibility index (Phi) is 4.20. The predicted molar refractivity (Wildman–Crippen MR) is 97.5 cm³/mol. The number of aryl methyl sites for hydroxylation is 1. The maximum Gasteiger partial charge on any atom is 0.419 e. The number of benzene rings is 2. The second kappa shape index (κ2) is 6.43. The third kappa shape index (κ3) is 3.08. The van der Waals surface area contributed by atoms with Gasteiger partial charge in [0.1, 0.15) is 13.2 Å². The van der Waals surface area contributed by atoms with Crippen LogP contribution in [0.5, 0.6) is 11.5 Å². The summed E-state index contributed by atoms with van der Waals surface area (Å²) in [7, 11) is -0.700. The quantitative estimate of drug-likeness (QED) is 0.674. The fraction of sp³-hybridized carbons (Fsp3) is 0.278. The highest BCUT2D eigenvalue weighted by molar-refractivity contribution is 7.89. The van der Waals surface area contributed by atoms with Crippen molar-refractivity contribution >= 4 is 21.1 Å². The molecule has 0 amide bonds. The Hall–Kier alpha value is -2.78. The predicted octanol–water partition coefficient (Wildman–Crippen LogP) is 1.72. The molecule has 0 radical (unpaired) electrons. The third-order valence-electron chi connectivity index (χ3n) is 4.48. The van der Waals surface area contributed by atoms with E-state index in [1.807, 2.05) is 0 Å². The molecule has 1 aliphatic rings. The molecule has 0 spiro atoms. The van der Waals surface area contributed by atoms with Gasteiger partial charge in [-0.2, -0.15) is 4.31 Å². The Labute approximate surface area is 155 Å². The van der Waals surface area contributed by atoms with Crippen LogP contribution in [0.2, 0.25) is 0 Å². The largest absolute Gasteiger partial charge is 0.486 e. The molecule has 1 aromatic heterocycles. The summed E-state index contributed by atoms with van der Waals surface area (Å²) >= 11 is 0. The van der Waals surface area contributed by atoms with E-state index in [2.05, 4.69) is 0 Å². The van der Waals surface area contributed by atoms with Gasteiger partial charge < -0.3 is 13.9 Å². The van der Waals surface area contributed by atoms with Crippen LogP contribution in [0.25, 0.3) is 11.1 Å². The van der Waals surface area contributed by atoms with E-state index in [9.17, 15) is 13.2 Å². The fourth-order valence-corrected chi connectivity index (χ4v) is 4.16. The maximum atomic E-state index is 12.9. The number of hydrogen-bond donors (Lipinski definition) is 0. The van der Waals surface area contributed by atoms with Crippen molar-refractivity contribution < 1.29 is 22.3 Å². The molecular formula is C18H18N2O6S. The molecule has 27 heavy (non-hydrogen) atoms. The van der Waals surface area contributed by atoms with Crippen molar-refractivity contribution in [2.45, 2.75) is 11.4 Å². The number of hydrogen-bond acceptors (Lipinski definition) is 6. The summed E-state index contributed by atoms with van der Waals surface area (Å²) in [5.41, 5.74) is 1.54. The van der Waals surface area contributed by atoms with E-state index >= 15 is 0 Å². The van der Waals surface area contributed by atoms with Gasteiger partial charge in [0.15, 0.2) is 17.1 Å². The summed E-state index contributed by atoms with van der Waals surface area (Å²) in [5.74, 6) is 0.723. The number of nitrogens with zero attached hydrogens (tertiary/aromatic N) is 2. The average Bonchev–Trinajstić information content (AvgIpc) is 2.95. The zero-order valence-electron chi connectivity index (χ0n) is 14.8. The molecule has 2 aromatic carbocycles. The Morgan fingerprint density at radius 3 is 2.59 bits per heavy atom. The van der Waals surface area contributed by atoms with Crippen molar-refractivity contribution in [2.24, 2.45) is 7.05 Å². The van der Waals surface area contributed by atoms with Crippen LogP contribution in [0.3, 0.4) is 0 Å². The van der Waals surface area contributed by atoms with E-state index < -0.39 is 15.8 Å². The topological polar surface area (TPSA) is 91.0 Å². The lowest BCUT2D eigenvalue weighted by Crippen LogP contribution is -2.26. The van der Waals surface area contributed by atoms with Gasteiger partial charge in [0, 0.05) is 26.7 Å². The first-order valence-electron chi connectivity index (χ1n) is 8.31. The number of rotatable bonds is 4. The summed E-state index contributed by atoms with van der Waals surface area (Å²) in [4.78, 5) is 11.7. The number of ether oxygens (including phenoxy) is 2. The molecule has 142 valence electrons. The number of fused-ring (bicyclic) bond motifs is 2. The highest BCUT2D eigenvalue weighted by atomic mass is 32.2. The molecule has 3 aromatic rings. The van der Waals surface area contributed by atoms with E-state index in [0.29, 0.717) is 30.2 Å². The van der Waals surface area contributed by atoms with Gasteiger partial charge in [0.2, 0.25) is 10.0 Å². The first kappa shape index (κ1) is 17.6. The number of aromatic nitrogens is 1. The van der Waals surface area contributed by atoms with Crippen molar-refractivity contribution in [3.63, 3.8) is 0 Å². The molecule has 0 atom stereocenters. The van der Waals surface area contributed by atoms with E-state index in [1.165, 1.54) is 28.1 Å². The van der Waals surface area contributed by atoms with Crippen LogP contribution in [-0.2, 0) is 23.6 Å². The van der Waals surface area contributed by atoms with Gasteiger partial charge in [-0.15, -0.1) is 0 Å². The molecular weight excluding hydrogens is 372 g/mol. The van der Waals surface area contributed by atoms with Gasteiger partial charge in [-0.05, 0) is 29.8 Å². The summed E-state index contributed by atoms with van der Waals surface area (Å²) in [6.07, 6.45) is 0. The Balaban J connectivity index is 1.62. The summed E-state index contributed by atoms with van der Waals surface area (Å²) in [6, 6.07) is 9.75. The van der Waals surface area contributed by atoms with Crippen molar-refractivity contribution in [3.8, 4) is 11.5 Å². The van der Waals surface area contributed by atoms with Gasteiger partial charge in [-0.1, -0.05) is 6.07 Å². The van der Waals surface area contributed by atoms with Crippen LogP contribution in [0, 0.1) is 0 Å². The lowest BCUT2D eigenvalue weighted by molar-refractivity contribution is 0.171. The van der Waals surface area contributed by atoms with Crippen LogP contribution < -0.4 is 15.2 Å². The number of oxazole rings is 1. The van der Waals surface area contributed by atoms with Gasteiger partial charge in [0.25, 0.3) is 0 Å². The number of sulfonamides is 1. The second-order valence-corrected chi connectivity index (χ2v) is 8.34. The van der Waals surface area contributed by atoms with E-state index in [4.69, 9.17) is 13.9 Å². The third-order valence-corrected chi connectivity index (χ3v) is 6.28. The summed E-state index contributed by atoms with van der Waals surface area (Å²) < 4.78 is 44.5. The minimum Gasteiger partial charge on any atom is -0.486 e. The van der Waals surface area contributed by atoms with Gasteiger partial charge in [-0.25, -0.2) is 13.2 Å². The summed E-state index contributed by atoms with van der Waals surface area (Å²) in [6.45, 7) is 1.13. The normalized spacial score (nSPS) is 14.0. The Morgan fingerprint density at radius 1 is 1.07 bits per heavy atom. The first-order valence-corrected chi connectivity index (χ1v) is 9.75. The minimum absolute atomic E-state index is 0.0596. The Bertz CT molecular complexity index is 1180. The molecule has 0 unspecified atom stereocenters. The van der Waals surface area contributed by atoms with Crippen LogP contribution in [0.1, 0.15) is 5.56 Å². The fourth-order valence-electron chi connectivity index (χ4n) is 2.98. The van der Waals surface area contributed by atoms with Gasteiger partial charge in [-0.3, -0.25) is 4.57 Å². The lowest BCUT2D eigenvalue weighted by Gasteiger charge is -2.21. The van der Waals surface area contributed by atoms with Gasteiger partial charge in [0.05, 0.1) is 10.4 Å². The molecule has 2 heterocycles. The highest BCUT2D eigenvalue weighted by Crippen LogP contribution is 2.31. The maximum absolute atomic E-state index is 12.9. The van der Waals surface area contributed by atoms with Crippen LogP contribution in [0.15, 0.2) is 50.5 Å². The van der Waals surface area contributed by atoms with E-state index in [1.54, 1.807) is 31.3 Å². The SMILES string of the molecule is CN(Cc1ccc2c(c1)OCCO2)S(=O)(=O)c1ccc2c(c1)oc(=O)n2C. The minimum atomic E-state index is -3.76. The van der Waals surface area contributed by atoms with Crippen LogP contribution in [-0.4, -0.2) is 37.6 Å². The molecule has 9 heteroatoms.